The van der Waals surface area contributed by atoms with E-state index < -0.39 is 0 Å². The highest BCUT2D eigenvalue weighted by Gasteiger charge is 2.21. The summed E-state index contributed by atoms with van der Waals surface area (Å²) in [5, 5.41) is 5.92. The van der Waals surface area contributed by atoms with Crippen LogP contribution in [0.25, 0.3) is 0 Å². The summed E-state index contributed by atoms with van der Waals surface area (Å²) in [6.07, 6.45) is 10.4. The fourth-order valence-corrected chi connectivity index (χ4v) is 3.22. The Hall–Kier alpha value is -1.84. The molecule has 2 N–H and O–H groups in total. The van der Waals surface area contributed by atoms with Crippen LogP contribution in [0.4, 0.5) is 11.4 Å². The third kappa shape index (κ3) is 6.34. The van der Waals surface area contributed by atoms with Gasteiger partial charge in [0.2, 0.25) is 11.8 Å². The van der Waals surface area contributed by atoms with E-state index in [1.54, 1.807) is 0 Å². The lowest BCUT2D eigenvalue weighted by molar-refractivity contribution is -0.120. The molecule has 2 rings (SSSR count). The van der Waals surface area contributed by atoms with Gasteiger partial charge >= 0.3 is 0 Å². The van der Waals surface area contributed by atoms with Gasteiger partial charge in [-0.15, -0.1) is 0 Å². The summed E-state index contributed by atoms with van der Waals surface area (Å²) < 4.78 is 0. The summed E-state index contributed by atoms with van der Waals surface area (Å²) in [7, 11) is 0. The number of amides is 2. The summed E-state index contributed by atoms with van der Waals surface area (Å²) in [4.78, 5) is 24.3. The molecular weight excluding hydrogens is 300 g/mol. The molecular formula is C20H30N2O2. The molecule has 132 valence electrons. The van der Waals surface area contributed by atoms with E-state index in [2.05, 4.69) is 17.6 Å². The molecule has 1 aromatic rings. The Morgan fingerprint density at radius 1 is 1.00 bits per heavy atom. The SMILES string of the molecule is CCCCCCC(=O)Nc1cccc(NC(=O)C2CCCCC2)c1. The average molecular weight is 330 g/mol. The van der Waals surface area contributed by atoms with Gasteiger partial charge in [0.05, 0.1) is 0 Å². The van der Waals surface area contributed by atoms with Crippen LogP contribution >= 0.6 is 0 Å². The molecule has 0 heterocycles. The third-order valence-electron chi connectivity index (χ3n) is 4.65. The second-order valence-corrected chi connectivity index (χ2v) is 6.76. The molecule has 0 radical (unpaired) electrons. The number of hydrogen-bond donors (Lipinski definition) is 2. The van der Waals surface area contributed by atoms with E-state index in [1.807, 2.05) is 24.3 Å². The van der Waals surface area contributed by atoms with Crippen molar-refractivity contribution in [3.63, 3.8) is 0 Å². The predicted octanol–water partition coefficient (Wildman–Crippen LogP) is 5.11. The van der Waals surface area contributed by atoms with Gasteiger partial charge in [0.1, 0.15) is 0 Å². The Morgan fingerprint density at radius 3 is 2.42 bits per heavy atom. The van der Waals surface area contributed by atoms with Crippen molar-refractivity contribution in [3.8, 4) is 0 Å². The zero-order chi connectivity index (χ0) is 17.2. The van der Waals surface area contributed by atoms with Crippen molar-refractivity contribution in [2.24, 2.45) is 5.92 Å². The van der Waals surface area contributed by atoms with Crippen LogP contribution in [0.1, 0.15) is 71.1 Å². The number of unbranched alkanes of at least 4 members (excludes halogenated alkanes) is 3. The highest BCUT2D eigenvalue weighted by molar-refractivity contribution is 5.95. The van der Waals surface area contributed by atoms with Gasteiger partial charge in [0.25, 0.3) is 0 Å². The van der Waals surface area contributed by atoms with E-state index in [1.165, 1.54) is 19.3 Å². The molecule has 0 spiro atoms. The van der Waals surface area contributed by atoms with E-state index in [0.29, 0.717) is 6.42 Å². The fourth-order valence-electron chi connectivity index (χ4n) is 3.22. The highest BCUT2D eigenvalue weighted by atomic mass is 16.2. The Kier molecular flexibility index (Phi) is 7.80. The first-order valence-corrected chi connectivity index (χ1v) is 9.40. The summed E-state index contributed by atoms with van der Waals surface area (Å²) >= 11 is 0. The molecule has 24 heavy (non-hydrogen) atoms. The first-order chi connectivity index (χ1) is 11.7. The van der Waals surface area contributed by atoms with Gasteiger partial charge < -0.3 is 10.6 Å². The maximum atomic E-state index is 12.3. The molecule has 1 aromatic carbocycles. The maximum Gasteiger partial charge on any atom is 0.227 e. The molecule has 0 bridgehead atoms. The van der Waals surface area contributed by atoms with E-state index in [-0.39, 0.29) is 17.7 Å². The summed E-state index contributed by atoms with van der Waals surface area (Å²) in [5.41, 5.74) is 1.51. The fraction of sp³-hybridized carbons (Fsp3) is 0.600. The van der Waals surface area contributed by atoms with Crippen LogP contribution in [0.2, 0.25) is 0 Å². The van der Waals surface area contributed by atoms with Gasteiger partial charge in [-0.1, -0.05) is 51.5 Å². The topological polar surface area (TPSA) is 58.2 Å². The molecule has 4 nitrogen and oxygen atoms in total. The standard InChI is InChI=1S/C20H30N2O2/c1-2-3-4-8-14-19(23)21-17-12-9-13-18(15-17)22-20(24)16-10-6-5-7-11-16/h9,12-13,15-16H,2-8,10-11,14H2,1H3,(H,21,23)(H,22,24). The van der Waals surface area contributed by atoms with Gasteiger partial charge in [-0.2, -0.15) is 0 Å². The van der Waals surface area contributed by atoms with Crippen LogP contribution < -0.4 is 10.6 Å². The van der Waals surface area contributed by atoms with Crippen LogP contribution in [-0.4, -0.2) is 11.8 Å². The highest BCUT2D eigenvalue weighted by Crippen LogP contribution is 2.25. The molecule has 4 heteroatoms. The lowest BCUT2D eigenvalue weighted by Gasteiger charge is -2.20. The smallest absolute Gasteiger partial charge is 0.227 e. The van der Waals surface area contributed by atoms with E-state index >= 15 is 0 Å². The maximum absolute atomic E-state index is 12.3. The molecule has 0 aromatic heterocycles. The van der Waals surface area contributed by atoms with Crippen LogP contribution in [0, 0.1) is 5.92 Å². The Bertz CT molecular complexity index is 536. The average Bonchev–Trinajstić information content (AvgIpc) is 2.60. The van der Waals surface area contributed by atoms with Gasteiger partial charge in [0.15, 0.2) is 0 Å². The molecule has 1 aliphatic rings. The number of carbonyl (C=O) groups is 2. The lowest BCUT2D eigenvalue weighted by Crippen LogP contribution is -2.24. The van der Waals surface area contributed by atoms with Crippen LogP contribution in [0.5, 0.6) is 0 Å². The molecule has 0 unspecified atom stereocenters. The molecule has 1 saturated carbocycles. The molecule has 0 saturated heterocycles. The van der Waals surface area contributed by atoms with Crippen molar-refractivity contribution in [2.75, 3.05) is 10.6 Å². The van der Waals surface area contributed by atoms with Crippen molar-refractivity contribution in [2.45, 2.75) is 71.1 Å². The number of carbonyl (C=O) groups excluding carboxylic acids is 2. The minimum absolute atomic E-state index is 0.0434. The molecule has 2 amide bonds. The minimum atomic E-state index is 0.0434. The minimum Gasteiger partial charge on any atom is -0.326 e. The number of rotatable bonds is 8. The lowest BCUT2D eigenvalue weighted by atomic mass is 9.88. The number of benzene rings is 1. The van der Waals surface area contributed by atoms with Crippen LogP contribution in [-0.2, 0) is 9.59 Å². The van der Waals surface area contributed by atoms with Crippen molar-refractivity contribution < 1.29 is 9.59 Å². The first-order valence-electron chi connectivity index (χ1n) is 9.40. The second-order valence-electron chi connectivity index (χ2n) is 6.76. The Labute approximate surface area is 145 Å². The quantitative estimate of drug-likeness (QED) is 0.650. The van der Waals surface area contributed by atoms with E-state index in [9.17, 15) is 9.59 Å². The Balaban J connectivity index is 1.82. The van der Waals surface area contributed by atoms with Gasteiger partial charge in [-0.05, 0) is 37.5 Å². The third-order valence-corrected chi connectivity index (χ3v) is 4.65. The monoisotopic (exact) mass is 330 g/mol. The van der Waals surface area contributed by atoms with Crippen molar-refractivity contribution in [3.05, 3.63) is 24.3 Å². The predicted molar refractivity (Wildman–Crippen MR) is 99.0 cm³/mol. The van der Waals surface area contributed by atoms with Crippen LogP contribution in [0.15, 0.2) is 24.3 Å². The zero-order valence-corrected chi connectivity index (χ0v) is 14.8. The van der Waals surface area contributed by atoms with Crippen molar-refractivity contribution in [1.29, 1.82) is 0 Å². The zero-order valence-electron chi connectivity index (χ0n) is 14.8. The summed E-state index contributed by atoms with van der Waals surface area (Å²) in [6.45, 7) is 2.16. The van der Waals surface area contributed by atoms with Gasteiger partial charge in [-0.3, -0.25) is 9.59 Å². The summed E-state index contributed by atoms with van der Waals surface area (Å²) in [5.74, 6) is 0.287. The van der Waals surface area contributed by atoms with E-state index in [4.69, 9.17) is 0 Å². The van der Waals surface area contributed by atoms with Crippen molar-refractivity contribution in [1.82, 2.24) is 0 Å². The molecule has 0 atom stereocenters. The Morgan fingerprint density at radius 2 is 1.71 bits per heavy atom. The van der Waals surface area contributed by atoms with Gasteiger partial charge in [-0.25, -0.2) is 0 Å². The van der Waals surface area contributed by atoms with Crippen molar-refractivity contribution >= 4 is 23.2 Å². The normalized spacial score (nSPS) is 15.0. The summed E-state index contributed by atoms with van der Waals surface area (Å²) in [6, 6.07) is 7.44. The number of anilines is 2. The first kappa shape index (κ1) is 18.5. The van der Waals surface area contributed by atoms with Crippen LogP contribution in [0.3, 0.4) is 0 Å². The molecule has 1 fully saturated rings. The van der Waals surface area contributed by atoms with Gasteiger partial charge in [0, 0.05) is 23.7 Å². The number of hydrogen-bond acceptors (Lipinski definition) is 2. The largest absolute Gasteiger partial charge is 0.326 e. The number of nitrogens with one attached hydrogen (secondary N) is 2. The molecule has 1 aliphatic carbocycles. The van der Waals surface area contributed by atoms with E-state index in [0.717, 1.165) is 49.9 Å². The second kappa shape index (κ2) is 10.1. The molecule has 0 aliphatic heterocycles.